The number of ketones is 1. The van der Waals surface area contributed by atoms with Gasteiger partial charge in [-0.05, 0) is 36.0 Å². The first kappa shape index (κ1) is 13.7. The standard InChI is InChI=1S/C19H14O/c1-15-7-6-8-16(2)19(15)14-13-18(20)12-11-17-9-4-3-5-10-17/h3-7,9-10,19H,1-2,8H2. The Hall–Kier alpha value is -2.77. The summed E-state index contributed by atoms with van der Waals surface area (Å²) < 4.78 is 0. The summed E-state index contributed by atoms with van der Waals surface area (Å²) in [6.07, 6.45) is 4.70. The van der Waals surface area contributed by atoms with Crippen LogP contribution in [0.5, 0.6) is 0 Å². The van der Waals surface area contributed by atoms with E-state index in [0.717, 1.165) is 23.1 Å². The zero-order chi connectivity index (χ0) is 14.4. The van der Waals surface area contributed by atoms with Crippen LogP contribution < -0.4 is 0 Å². The smallest absolute Gasteiger partial charge is 0.270 e. The van der Waals surface area contributed by atoms with Gasteiger partial charge in [0.25, 0.3) is 5.78 Å². The first-order chi connectivity index (χ1) is 9.66. The molecule has 0 aromatic heterocycles. The van der Waals surface area contributed by atoms with Gasteiger partial charge in [0.1, 0.15) is 0 Å². The number of benzene rings is 1. The number of carbonyl (C=O) groups excluding carboxylic acids is 1. The molecule has 1 atom stereocenters. The number of allylic oxidation sites excluding steroid dienone is 4. The van der Waals surface area contributed by atoms with Crippen molar-refractivity contribution in [3.8, 4) is 23.7 Å². The SMILES string of the molecule is C=C1C=CCC(=C)C1C#CC(=O)C#Cc1ccccc1. The van der Waals surface area contributed by atoms with Crippen LogP contribution >= 0.6 is 0 Å². The van der Waals surface area contributed by atoms with Gasteiger partial charge in [0.15, 0.2) is 0 Å². The van der Waals surface area contributed by atoms with Crippen molar-refractivity contribution in [2.24, 2.45) is 5.92 Å². The molecule has 1 heteroatoms. The van der Waals surface area contributed by atoms with Crippen LogP contribution in [0.3, 0.4) is 0 Å². The van der Waals surface area contributed by atoms with E-state index in [1.54, 1.807) is 0 Å². The molecule has 0 saturated heterocycles. The maximum atomic E-state index is 11.6. The van der Waals surface area contributed by atoms with Crippen molar-refractivity contribution in [3.05, 3.63) is 72.4 Å². The van der Waals surface area contributed by atoms with Crippen molar-refractivity contribution < 1.29 is 4.79 Å². The Balaban J connectivity index is 2.08. The molecule has 1 aliphatic rings. The summed E-state index contributed by atoms with van der Waals surface area (Å²) in [6.45, 7) is 7.88. The van der Waals surface area contributed by atoms with Gasteiger partial charge in [-0.2, -0.15) is 0 Å². The molecule has 96 valence electrons. The number of Topliss-reactive ketones (excluding diaryl/α,β-unsaturated/α-hetero) is 1. The number of carbonyl (C=O) groups is 1. The number of hydrogen-bond acceptors (Lipinski definition) is 1. The van der Waals surface area contributed by atoms with Crippen LogP contribution in [0.15, 0.2) is 66.8 Å². The second-order valence-corrected chi connectivity index (χ2v) is 4.49. The van der Waals surface area contributed by atoms with Crippen molar-refractivity contribution in [1.82, 2.24) is 0 Å². The maximum absolute atomic E-state index is 11.6. The Labute approximate surface area is 119 Å². The van der Waals surface area contributed by atoms with Gasteiger partial charge >= 0.3 is 0 Å². The lowest BCUT2D eigenvalue weighted by Gasteiger charge is -2.17. The minimum atomic E-state index is -0.385. The van der Waals surface area contributed by atoms with Crippen LogP contribution in [0.25, 0.3) is 0 Å². The molecular weight excluding hydrogens is 244 g/mol. The fraction of sp³-hybridized carbons (Fsp3) is 0.105. The Morgan fingerprint density at radius 1 is 1.15 bits per heavy atom. The average molecular weight is 258 g/mol. The molecule has 0 bridgehead atoms. The highest BCUT2D eigenvalue weighted by molar-refractivity contribution is 6.09. The molecule has 0 heterocycles. The summed E-state index contributed by atoms with van der Waals surface area (Å²) >= 11 is 0. The highest BCUT2D eigenvalue weighted by Crippen LogP contribution is 2.25. The third-order valence-corrected chi connectivity index (χ3v) is 2.92. The summed E-state index contributed by atoms with van der Waals surface area (Å²) in [7, 11) is 0. The van der Waals surface area contributed by atoms with E-state index in [-0.39, 0.29) is 11.7 Å². The summed E-state index contributed by atoms with van der Waals surface area (Å²) in [6, 6.07) is 9.36. The Kier molecular flexibility index (Phi) is 4.38. The van der Waals surface area contributed by atoms with E-state index in [2.05, 4.69) is 36.8 Å². The third kappa shape index (κ3) is 3.61. The van der Waals surface area contributed by atoms with Crippen molar-refractivity contribution in [2.75, 3.05) is 0 Å². The fourth-order valence-electron chi connectivity index (χ4n) is 1.85. The van der Waals surface area contributed by atoms with Crippen LogP contribution in [0.1, 0.15) is 12.0 Å². The van der Waals surface area contributed by atoms with Crippen LogP contribution in [0.4, 0.5) is 0 Å². The monoisotopic (exact) mass is 258 g/mol. The van der Waals surface area contributed by atoms with E-state index >= 15 is 0 Å². The minimum Gasteiger partial charge on any atom is -0.270 e. The molecule has 0 fully saturated rings. The summed E-state index contributed by atoms with van der Waals surface area (Å²) in [5, 5.41) is 0. The quantitative estimate of drug-likeness (QED) is 0.396. The molecule has 1 unspecified atom stereocenters. The predicted octanol–water partition coefficient (Wildman–Crippen LogP) is 3.30. The van der Waals surface area contributed by atoms with Gasteiger partial charge in [-0.15, -0.1) is 0 Å². The molecule has 0 aliphatic heterocycles. The Bertz CT molecular complexity index is 697. The number of rotatable bonds is 0. The van der Waals surface area contributed by atoms with Crippen LogP contribution in [0.2, 0.25) is 0 Å². The van der Waals surface area contributed by atoms with Crippen molar-refractivity contribution in [3.63, 3.8) is 0 Å². The lowest BCUT2D eigenvalue weighted by molar-refractivity contribution is -0.108. The Morgan fingerprint density at radius 2 is 1.90 bits per heavy atom. The third-order valence-electron chi connectivity index (χ3n) is 2.92. The van der Waals surface area contributed by atoms with E-state index in [9.17, 15) is 4.79 Å². The minimum absolute atomic E-state index is 0.137. The first-order valence-electron chi connectivity index (χ1n) is 6.32. The van der Waals surface area contributed by atoms with Gasteiger partial charge in [0.05, 0.1) is 5.92 Å². The summed E-state index contributed by atoms with van der Waals surface area (Å²) in [5.74, 6) is 10.3. The zero-order valence-corrected chi connectivity index (χ0v) is 11.1. The van der Waals surface area contributed by atoms with Gasteiger partial charge in [-0.25, -0.2) is 0 Å². The predicted molar refractivity (Wildman–Crippen MR) is 81.6 cm³/mol. The molecule has 1 aromatic carbocycles. The second kappa shape index (κ2) is 6.41. The molecule has 0 N–H and O–H groups in total. The highest BCUT2D eigenvalue weighted by atomic mass is 16.1. The Morgan fingerprint density at radius 3 is 2.60 bits per heavy atom. The largest absolute Gasteiger partial charge is 0.279 e. The van der Waals surface area contributed by atoms with E-state index < -0.39 is 0 Å². The molecular formula is C19H14O. The molecule has 20 heavy (non-hydrogen) atoms. The topological polar surface area (TPSA) is 17.1 Å². The molecule has 0 amide bonds. The van der Waals surface area contributed by atoms with Gasteiger partial charge in [-0.1, -0.05) is 60.9 Å². The normalized spacial score (nSPS) is 16.7. The zero-order valence-electron chi connectivity index (χ0n) is 11.1. The van der Waals surface area contributed by atoms with E-state index in [4.69, 9.17) is 0 Å². The van der Waals surface area contributed by atoms with Gasteiger partial charge in [-0.3, -0.25) is 4.79 Å². The first-order valence-corrected chi connectivity index (χ1v) is 6.32. The van der Waals surface area contributed by atoms with E-state index in [1.165, 1.54) is 0 Å². The summed E-state index contributed by atoms with van der Waals surface area (Å²) in [4.78, 5) is 11.6. The lowest BCUT2D eigenvalue weighted by Crippen LogP contribution is -2.06. The average Bonchev–Trinajstić information content (AvgIpc) is 2.46. The molecule has 1 aliphatic carbocycles. The molecule has 1 aromatic rings. The molecule has 0 radical (unpaired) electrons. The van der Waals surface area contributed by atoms with Gasteiger partial charge in [0, 0.05) is 5.56 Å². The molecule has 0 saturated carbocycles. The van der Waals surface area contributed by atoms with Crippen LogP contribution in [0, 0.1) is 29.6 Å². The lowest BCUT2D eigenvalue weighted by atomic mass is 9.87. The van der Waals surface area contributed by atoms with Crippen molar-refractivity contribution >= 4 is 5.78 Å². The van der Waals surface area contributed by atoms with Crippen LogP contribution in [-0.2, 0) is 4.79 Å². The van der Waals surface area contributed by atoms with Gasteiger partial charge < -0.3 is 0 Å². The van der Waals surface area contributed by atoms with E-state index in [0.29, 0.717) is 0 Å². The summed E-state index contributed by atoms with van der Waals surface area (Å²) in [5.41, 5.74) is 2.64. The van der Waals surface area contributed by atoms with Crippen molar-refractivity contribution in [1.29, 1.82) is 0 Å². The number of hydrogen-bond donors (Lipinski definition) is 0. The van der Waals surface area contributed by atoms with Gasteiger partial charge in [0.2, 0.25) is 0 Å². The van der Waals surface area contributed by atoms with Crippen molar-refractivity contribution in [2.45, 2.75) is 6.42 Å². The second-order valence-electron chi connectivity index (χ2n) is 4.49. The van der Waals surface area contributed by atoms with E-state index in [1.807, 2.05) is 42.5 Å². The molecule has 1 nitrogen and oxygen atoms in total. The molecule has 0 spiro atoms. The molecule has 2 rings (SSSR count). The highest BCUT2D eigenvalue weighted by Gasteiger charge is 2.14. The maximum Gasteiger partial charge on any atom is 0.279 e. The fourth-order valence-corrected chi connectivity index (χ4v) is 1.85. The van der Waals surface area contributed by atoms with Crippen LogP contribution in [-0.4, -0.2) is 5.78 Å².